The second-order valence-corrected chi connectivity index (χ2v) is 7.23. The van der Waals surface area contributed by atoms with Crippen molar-refractivity contribution >= 4 is 41.0 Å². The van der Waals surface area contributed by atoms with Crippen molar-refractivity contribution in [1.29, 1.82) is 0 Å². The van der Waals surface area contributed by atoms with Gasteiger partial charge in [0.1, 0.15) is 12.1 Å². The highest BCUT2D eigenvalue weighted by Crippen LogP contribution is 2.29. The maximum Gasteiger partial charge on any atom is 0.323 e. The normalized spacial score (nSPS) is 13.6. The molecule has 29 heavy (non-hydrogen) atoms. The van der Waals surface area contributed by atoms with Crippen molar-refractivity contribution < 1.29 is 9.59 Å². The van der Waals surface area contributed by atoms with E-state index in [2.05, 4.69) is 15.3 Å². The second kappa shape index (κ2) is 10.0. The summed E-state index contributed by atoms with van der Waals surface area (Å²) >= 11 is 6.49. The lowest BCUT2D eigenvalue weighted by atomic mass is 10.0. The molecule has 0 unspecified atom stereocenters. The van der Waals surface area contributed by atoms with Gasteiger partial charge in [0, 0.05) is 39.3 Å². The Bertz CT molecular complexity index is 888. The predicted molar refractivity (Wildman–Crippen MR) is 115 cm³/mol. The summed E-state index contributed by atoms with van der Waals surface area (Å²) in [6, 6.07) is 7.10. The van der Waals surface area contributed by atoms with Crippen LogP contribution in [0.2, 0.25) is 5.02 Å². The first-order chi connectivity index (χ1) is 14.1. The number of anilines is 2. The first-order valence-electron chi connectivity index (χ1n) is 9.55. The smallest absolute Gasteiger partial charge is 0.323 e. The zero-order valence-corrected chi connectivity index (χ0v) is 17.1. The first-order valence-corrected chi connectivity index (χ1v) is 9.93. The van der Waals surface area contributed by atoms with Crippen LogP contribution in [-0.4, -0.2) is 53.9 Å². The third-order valence-electron chi connectivity index (χ3n) is 4.78. The molecule has 0 fully saturated rings. The molecule has 0 saturated heterocycles. The molecule has 3 rings (SSSR count). The summed E-state index contributed by atoms with van der Waals surface area (Å²) in [5.74, 6) is 0.532. The van der Waals surface area contributed by atoms with Gasteiger partial charge in [0.2, 0.25) is 0 Å². The Kier molecular flexibility index (Phi) is 7.19. The highest BCUT2D eigenvalue weighted by Gasteiger charge is 2.20. The molecule has 2 aromatic rings. The number of pyridine rings is 2. The molecule has 3 heterocycles. The van der Waals surface area contributed by atoms with Crippen LogP contribution >= 0.6 is 11.6 Å². The minimum Gasteiger partial charge on any atom is -0.373 e. The number of unbranched alkanes of at least 4 members (excludes halogenated alkanes) is 1. The van der Waals surface area contributed by atoms with Crippen LogP contribution in [0, 0.1) is 0 Å². The van der Waals surface area contributed by atoms with Gasteiger partial charge in [-0.2, -0.15) is 0 Å². The van der Waals surface area contributed by atoms with Crippen molar-refractivity contribution in [2.75, 3.05) is 36.9 Å². The van der Waals surface area contributed by atoms with Gasteiger partial charge in [-0.25, -0.2) is 9.78 Å². The first kappa shape index (κ1) is 20.8. The van der Waals surface area contributed by atoms with Crippen LogP contribution in [0.1, 0.15) is 25.0 Å². The lowest BCUT2D eigenvalue weighted by Gasteiger charge is -2.27. The van der Waals surface area contributed by atoms with E-state index in [0.29, 0.717) is 36.8 Å². The van der Waals surface area contributed by atoms with Gasteiger partial charge < -0.3 is 14.6 Å². The lowest BCUT2D eigenvalue weighted by molar-refractivity contribution is -0.107. The van der Waals surface area contributed by atoms with Crippen molar-refractivity contribution in [3.63, 3.8) is 0 Å². The molecule has 1 aliphatic heterocycles. The van der Waals surface area contributed by atoms with Crippen LogP contribution in [0.15, 0.2) is 42.7 Å². The summed E-state index contributed by atoms with van der Waals surface area (Å²) in [5, 5.41) is 3.38. The minimum atomic E-state index is -0.176. The number of hydrogen-bond donors (Lipinski definition) is 1. The molecule has 0 atom stereocenters. The fraction of sp³-hybridized carbons (Fsp3) is 0.333. The molecule has 7 nitrogen and oxygen atoms in total. The van der Waals surface area contributed by atoms with Gasteiger partial charge in [-0.1, -0.05) is 23.7 Å². The molecule has 152 valence electrons. The number of halogens is 1. The number of urea groups is 1. The number of aromatic nitrogens is 2. The van der Waals surface area contributed by atoms with E-state index in [4.69, 9.17) is 11.6 Å². The molecule has 0 bridgehead atoms. The number of carbonyl (C=O) groups excluding carboxylic acids is 2. The van der Waals surface area contributed by atoms with E-state index in [9.17, 15) is 9.59 Å². The number of aldehydes is 1. The average molecular weight is 414 g/mol. The summed E-state index contributed by atoms with van der Waals surface area (Å²) in [4.78, 5) is 35.3. The molecule has 2 aromatic heterocycles. The molecule has 0 spiro atoms. The number of rotatable bonds is 7. The number of nitrogens with zero attached hydrogens (tertiary/aromatic N) is 4. The van der Waals surface area contributed by atoms with Crippen LogP contribution in [0.5, 0.6) is 0 Å². The van der Waals surface area contributed by atoms with Crippen molar-refractivity contribution in [2.45, 2.75) is 19.3 Å². The monoisotopic (exact) mass is 413 g/mol. The third-order valence-corrected chi connectivity index (χ3v) is 5.07. The minimum absolute atomic E-state index is 0.176. The summed E-state index contributed by atoms with van der Waals surface area (Å²) in [5.41, 5.74) is 2.70. The molecule has 0 aromatic carbocycles. The maximum atomic E-state index is 12.4. The molecule has 0 aliphatic carbocycles. The van der Waals surface area contributed by atoms with Crippen LogP contribution in [-0.2, 0) is 4.79 Å². The number of carbonyl (C=O) groups is 2. The average Bonchev–Trinajstić information content (AvgIpc) is 2.74. The Morgan fingerprint density at radius 3 is 2.90 bits per heavy atom. The molecular formula is C21H24ClN5O2. The maximum absolute atomic E-state index is 12.4. The van der Waals surface area contributed by atoms with E-state index in [0.717, 1.165) is 36.2 Å². The summed E-state index contributed by atoms with van der Waals surface area (Å²) in [6.45, 7) is 1.83. The Morgan fingerprint density at radius 2 is 2.24 bits per heavy atom. The quantitative estimate of drug-likeness (QED) is 0.550. The zero-order chi connectivity index (χ0) is 20.6. The number of hydrogen-bond acceptors (Lipinski definition) is 5. The van der Waals surface area contributed by atoms with Crippen LogP contribution in [0.4, 0.5) is 16.3 Å². The molecule has 1 aliphatic rings. The number of amides is 2. The van der Waals surface area contributed by atoms with Gasteiger partial charge in [-0.05, 0) is 36.6 Å². The number of nitrogens with one attached hydrogen (secondary N) is 1. The summed E-state index contributed by atoms with van der Waals surface area (Å²) in [7, 11) is 1.95. The molecule has 0 radical (unpaired) electrons. The van der Waals surface area contributed by atoms with Crippen molar-refractivity contribution in [3.8, 4) is 0 Å². The van der Waals surface area contributed by atoms with Crippen LogP contribution in [0.3, 0.4) is 0 Å². The fourth-order valence-electron chi connectivity index (χ4n) is 3.11. The Balaban J connectivity index is 1.61. The third kappa shape index (κ3) is 5.54. The van der Waals surface area contributed by atoms with E-state index in [-0.39, 0.29) is 6.03 Å². The molecule has 1 N–H and O–H groups in total. The Hall–Kier alpha value is -2.93. The molecule has 8 heteroatoms. The molecular weight excluding hydrogens is 390 g/mol. The van der Waals surface area contributed by atoms with Gasteiger partial charge in [0.25, 0.3) is 0 Å². The van der Waals surface area contributed by atoms with Crippen molar-refractivity contribution in [3.05, 3.63) is 53.5 Å². The van der Waals surface area contributed by atoms with E-state index in [1.54, 1.807) is 29.4 Å². The Labute approximate surface area is 175 Å². The SMILES string of the molecule is CN(CCCC=O)c1cnc(C2=CCN(C(=O)Nc3ccccn3)CC2)c(Cl)c1. The van der Waals surface area contributed by atoms with E-state index in [1.165, 1.54) is 0 Å². The van der Waals surface area contributed by atoms with Gasteiger partial charge in [-0.3, -0.25) is 10.3 Å². The topological polar surface area (TPSA) is 78.4 Å². The van der Waals surface area contributed by atoms with Crippen LogP contribution < -0.4 is 10.2 Å². The summed E-state index contributed by atoms with van der Waals surface area (Å²) < 4.78 is 0. The highest BCUT2D eigenvalue weighted by atomic mass is 35.5. The second-order valence-electron chi connectivity index (χ2n) is 6.82. The van der Waals surface area contributed by atoms with E-state index >= 15 is 0 Å². The standard InChI is InChI=1S/C21H24ClN5O2/c1-26(10-4-5-13-28)17-14-18(22)20(24-15-17)16-7-11-27(12-8-16)21(29)25-19-6-2-3-9-23-19/h2-3,6-7,9,13-15H,4-5,8,10-12H2,1H3,(H,23,25,29). The van der Waals surface area contributed by atoms with Crippen molar-refractivity contribution in [1.82, 2.24) is 14.9 Å². The lowest BCUT2D eigenvalue weighted by Crippen LogP contribution is -2.38. The van der Waals surface area contributed by atoms with Crippen molar-refractivity contribution in [2.24, 2.45) is 0 Å². The molecule has 2 amide bonds. The highest BCUT2D eigenvalue weighted by molar-refractivity contribution is 6.32. The predicted octanol–water partition coefficient (Wildman–Crippen LogP) is 3.87. The summed E-state index contributed by atoms with van der Waals surface area (Å²) in [6.07, 6.45) is 8.36. The van der Waals surface area contributed by atoms with E-state index < -0.39 is 0 Å². The van der Waals surface area contributed by atoms with Crippen LogP contribution in [0.25, 0.3) is 5.57 Å². The largest absolute Gasteiger partial charge is 0.373 e. The van der Waals surface area contributed by atoms with Gasteiger partial charge >= 0.3 is 6.03 Å². The van der Waals surface area contributed by atoms with Gasteiger partial charge in [-0.15, -0.1) is 0 Å². The Morgan fingerprint density at radius 1 is 1.38 bits per heavy atom. The van der Waals surface area contributed by atoms with Gasteiger partial charge in [0.15, 0.2) is 0 Å². The molecule has 0 saturated carbocycles. The fourth-order valence-corrected chi connectivity index (χ4v) is 3.39. The van der Waals surface area contributed by atoms with Gasteiger partial charge in [0.05, 0.1) is 22.6 Å². The zero-order valence-electron chi connectivity index (χ0n) is 16.3. The van der Waals surface area contributed by atoms with E-state index in [1.807, 2.05) is 30.2 Å².